The first-order valence-electron chi connectivity index (χ1n) is 5.64. The lowest BCUT2D eigenvalue weighted by Gasteiger charge is -2.02. The molecule has 0 unspecified atom stereocenters. The molecule has 2 aromatic rings. The van der Waals surface area contributed by atoms with Gasteiger partial charge in [0.2, 0.25) is 0 Å². The van der Waals surface area contributed by atoms with Crippen LogP contribution in [0, 0.1) is 0 Å². The van der Waals surface area contributed by atoms with Gasteiger partial charge in [-0.25, -0.2) is 0 Å². The molecule has 2 aromatic carbocycles. The molecular formula is C15H14OS2. The summed E-state index contributed by atoms with van der Waals surface area (Å²) in [4.78, 5) is 14.3. The zero-order valence-electron chi connectivity index (χ0n) is 10.1. The molecule has 0 radical (unpaired) electrons. The minimum absolute atomic E-state index is 0.177. The molecule has 0 N–H and O–H groups in total. The Morgan fingerprint density at radius 3 is 2.22 bits per heavy atom. The van der Waals surface area contributed by atoms with E-state index in [0.29, 0.717) is 5.75 Å². The summed E-state index contributed by atoms with van der Waals surface area (Å²) in [5.41, 5.74) is 0.788. The van der Waals surface area contributed by atoms with E-state index in [-0.39, 0.29) is 5.78 Å². The van der Waals surface area contributed by atoms with Gasteiger partial charge in [-0.05, 0) is 30.5 Å². The molecule has 0 aliphatic heterocycles. The standard InChI is InChI=1S/C15H14OS2/c1-17-13-9-7-12(8-10-13)15(16)11-18-14-5-3-2-4-6-14/h2-10H,11H2,1H3. The zero-order valence-corrected chi connectivity index (χ0v) is 11.8. The maximum absolute atomic E-state index is 12.0. The van der Waals surface area contributed by atoms with Crippen molar-refractivity contribution >= 4 is 29.3 Å². The highest BCUT2D eigenvalue weighted by Crippen LogP contribution is 2.20. The largest absolute Gasteiger partial charge is 0.293 e. The van der Waals surface area contributed by atoms with Crippen molar-refractivity contribution < 1.29 is 4.79 Å². The van der Waals surface area contributed by atoms with Crippen LogP contribution < -0.4 is 0 Å². The second kappa shape index (κ2) is 6.66. The predicted molar refractivity (Wildman–Crippen MR) is 79.7 cm³/mol. The molecule has 0 fully saturated rings. The second-order valence-electron chi connectivity index (χ2n) is 3.75. The molecule has 2 rings (SSSR count). The lowest BCUT2D eigenvalue weighted by molar-refractivity contribution is 0.102. The molecule has 0 aromatic heterocycles. The Hall–Kier alpha value is -1.19. The van der Waals surface area contributed by atoms with Crippen LogP contribution >= 0.6 is 23.5 Å². The maximum Gasteiger partial charge on any atom is 0.173 e. The van der Waals surface area contributed by atoms with Crippen LogP contribution in [0.1, 0.15) is 10.4 Å². The van der Waals surface area contributed by atoms with Crippen molar-refractivity contribution in [3.63, 3.8) is 0 Å². The molecule has 0 spiro atoms. The molecule has 18 heavy (non-hydrogen) atoms. The molecular weight excluding hydrogens is 260 g/mol. The number of hydrogen-bond donors (Lipinski definition) is 0. The van der Waals surface area contributed by atoms with Crippen LogP contribution in [0.2, 0.25) is 0 Å². The van der Waals surface area contributed by atoms with Gasteiger partial charge in [0.25, 0.3) is 0 Å². The van der Waals surface area contributed by atoms with Crippen LogP contribution in [0.4, 0.5) is 0 Å². The fourth-order valence-electron chi connectivity index (χ4n) is 1.53. The first-order valence-corrected chi connectivity index (χ1v) is 7.86. The minimum Gasteiger partial charge on any atom is -0.293 e. The van der Waals surface area contributed by atoms with Gasteiger partial charge in [0.05, 0.1) is 5.75 Å². The van der Waals surface area contributed by atoms with E-state index in [4.69, 9.17) is 0 Å². The van der Waals surface area contributed by atoms with Gasteiger partial charge in [-0.1, -0.05) is 30.3 Å². The fourth-order valence-corrected chi connectivity index (χ4v) is 2.75. The summed E-state index contributed by atoms with van der Waals surface area (Å²) < 4.78 is 0. The van der Waals surface area contributed by atoms with Gasteiger partial charge in [0, 0.05) is 15.4 Å². The van der Waals surface area contributed by atoms with E-state index in [9.17, 15) is 4.79 Å². The molecule has 1 nitrogen and oxygen atoms in total. The highest BCUT2D eigenvalue weighted by Gasteiger charge is 2.06. The van der Waals surface area contributed by atoms with Crippen LogP contribution in [0.25, 0.3) is 0 Å². The van der Waals surface area contributed by atoms with E-state index < -0.39 is 0 Å². The molecule has 3 heteroatoms. The first kappa shape index (κ1) is 13.2. The van der Waals surface area contributed by atoms with Crippen LogP contribution in [-0.4, -0.2) is 17.8 Å². The van der Waals surface area contributed by atoms with Gasteiger partial charge in [0.1, 0.15) is 0 Å². The molecule has 0 bridgehead atoms. The van der Waals surface area contributed by atoms with Gasteiger partial charge in [-0.3, -0.25) is 4.79 Å². The Morgan fingerprint density at radius 2 is 1.61 bits per heavy atom. The summed E-state index contributed by atoms with van der Waals surface area (Å²) in [5, 5.41) is 0. The molecule has 0 heterocycles. The van der Waals surface area contributed by atoms with Gasteiger partial charge in [-0.2, -0.15) is 0 Å². The second-order valence-corrected chi connectivity index (χ2v) is 5.68. The monoisotopic (exact) mass is 274 g/mol. The Kier molecular flexibility index (Phi) is 4.90. The van der Waals surface area contributed by atoms with E-state index in [1.165, 1.54) is 4.90 Å². The van der Waals surface area contributed by atoms with Crippen molar-refractivity contribution in [2.45, 2.75) is 9.79 Å². The minimum atomic E-state index is 0.177. The first-order chi connectivity index (χ1) is 8.79. The summed E-state index contributed by atoms with van der Waals surface area (Å²) in [6.45, 7) is 0. The Morgan fingerprint density at radius 1 is 0.944 bits per heavy atom. The Labute approximate surface area is 116 Å². The van der Waals surface area contributed by atoms with Crippen molar-refractivity contribution in [2.75, 3.05) is 12.0 Å². The lowest BCUT2D eigenvalue weighted by Crippen LogP contribution is -2.01. The fraction of sp³-hybridized carbons (Fsp3) is 0.133. The van der Waals surface area contributed by atoms with E-state index in [0.717, 1.165) is 10.5 Å². The number of hydrogen-bond acceptors (Lipinski definition) is 3. The molecule has 0 atom stereocenters. The third-order valence-corrected chi connectivity index (χ3v) is 4.28. The van der Waals surface area contributed by atoms with Crippen LogP contribution in [0.15, 0.2) is 64.4 Å². The SMILES string of the molecule is CSc1ccc(C(=O)CSc2ccccc2)cc1. The predicted octanol–water partition coefficient (Wildman–Crippen LogP) is 4.38. The van der Waals surface area contributed by atoms with Gasteiger partial charge in [0.15, 0.2) is 5.78 Å². The number of Topliss-reactive ketones (excluding diaryl/α,β-unsaturated/α-hetero) is 1. The average molecular weight is 274 g/mol. The molecule has 0 saturated heterocycles. The van der Waals surface area contributed by atoms with E-state index in [2.05, 4.69) is 0 Å². The van der Waals surface area contributed by atoms with E-state index >= 15 is 0 Å². The molecule has 0 aliphatic rings. The summed E-state index contributed by atoms with van der Waals surface area (Å²) in [6.07, 6.45) is 2.03. The van der Waals surface area contributed by atoms with Crippen molar-refractivity contribution in [1.29, 1.82) is 0 Å². The van der Waals surface area contributed by atoms with E-state index in [1.54, 1.807) is 23.5 Å². The normalized spacial score (nSPS) is 10.3. The summed E-state index contributed by atoms with van der Waals surface area (Å²) >= 11 is 3.26. The smallest absolute Gasteiger partial charge is 0.173 e. The Bertz CT molecular complexity index is 506. The summed E-state index contributed by atoms with van der Waals surface area (Å²) in [6, 6.07) is 17.8. The number of carbonyl (C=O) groups is 1. The zero-order chi connectivity index (χ0) is 12.8. The van der Waals surface area contributed by atoms with Crippen molar-refractivity contribution in [3.8, 4) is 0 Å². The highest BCUT2D eigenvalue weighted by molar-refractivity contribution is 8.00. The number of ketones is 1. The van der Waals surface area contributed by atoms with E-state index in [1.807, 2.05) is 60.9 Å². The Balaban J connectivity index is 1.95. The number of thioether (sulfide) groups is 2. The third kappa shape index (κ3) is 3.65. The quantitative estimate of drug-likeness (QED) is 0.595. The van der Waals surface area contributed by atoms with Gasteiger partial charge < -0.3 is 0 Å². The van der Waals surface area contributed by atoms with Crippen LogP contribution in [0.5, 0.6) is 0 Å². The number of carbonyl (C=O) groups excluding carboxylic acids is 1. The summed E-state index contributed by atoms with van der Waals surface area (Å²) in [5.74, 6) is 0.666. The molecule has 0 aliphatic carbocycles. The maximum atomic E-state index is 12.0. The molecule has 92 valence electrons. The topological polar surface area (TPSA) is 17.1 Å². The van der Waals surface area contributed by atoms with Gasteiger partial charge in [-0.15, -0.1) is 23.5 Å². The highest BCUT2D eigenvalue weighted by atomic mass is 32.2. The average Bonchev–Trinajstić information content (AvgIpc) is 2.46. The van der Waals surface area contributed by atoms with Gasteiger partial charge >= 0.3 is 0 Å². The molecule has 0 amide bonds. The number of benzene rings is 2. The lowest BCUT2D eigenvalue weighted by atomic mass is 10.1. The number of rotatable bonds is 5. The van der Waals surface area contributed by atoms with Crippen molar-refractivity contribution in [2.24, 2.45) is 0 Å². The third-order valence-electron chi connectivity index (χ3n) is 2.53. The van der Waals surface area contributed by atoms with Crippen LogP contribution in [-0.2, 0) is 0 Å². The van der Waals surface area contributed by atoms with Crippen LogP contribution in [0.3, 0.4) is 0 Å². The summed E-state index contributed by atoms with van der Waals surface area (Å²) in [7, 11) is 0. The molecule has 0 saturated carbocycles. The van der Waals surface area contributed by atoms with Crippen molar-refractivity contribution in [3.05, 3.63) is 60.2 Å². The van der Waals surface area contributed by atoms with Crippen molar-refractivity contribution in [1.82, 2.24) is 0 Å².